The number of nitrogen functional groups attached to an aromatic ring is 1. The van der Waals surface area contributed by atoms with E-state index in [0.29, 0.717) is 22.2 Å². The number of carbonyl (C=O) groups excluding carboxylic acids is 1. The van der Waals surface area contributed by atoms with Gasteiger partial charge in [0.1, 0.15) is 9.71 Å². The number of nitro groups is 1. The van der Waals surface area contributed by atoms with Crippen molar-refractivity contribution in [1.29, 1.82) is 0 Å². The van der Waals surface area contributed by atoms with Gasteiger partial charge in [-0.1, -0.05) is 25.6 Å². The monoisotopic (exact) mass is 464 g/mol. The first-order valence-electron chi connectivity index (χ1n) is 9.84. The Morgan fingerprint density at radius 2 is 1.69 bits per heavy atom. The van der Waals surface area contributed by atoms with Gasteiger partial charge in [0.15, 0.2) is 0 Å². The van der Waals surface area contributed by atoms with Gasteiger partial charge in [0.05, 0.1) is 10.6 Å². The van der Waals surface area contributed by atoms with E-state index in [1.54, 1.807) is 12.1 Å². The van der Waals surface area contributed by atoms with Crippen molar-refractivity contribution in [2.45, 2.75) is 29.6 Å². The van der Waals surface area contributed by atoms with Crippen LogP contribution in [0.1, 0.15) is 35.1 Å². The van der Waals surface area contributed by atoms with Crippen molar-refractivity contribution < 1.29 is 9.72 Å². The van der Waals surface area contributed by atoms with E-state index in [1.807, 2.05) is 36.4 Å². The summed E-state index contributed by atoms with van der Waals surface area (Å²) in [5.74, 6) is 0.0229. The van der Waals surface area contributed by atoms with Crippen LogP contribution in [-0.2, 0) is 0 Å². The minimum Gasteiger partial charge on any atom is -0.397 e. The second kappa shape index (κ2) is 8.97. The number of thiophene rings is 1. The molecule has 0 fully saturated rings. The highest BCUT2D eigenvalue weighted by Crippen LogP contribution is 2.34. The maximum Gasteiger partial charge on any atom is 0.269 e. The van der Waals surface area contributed by atoms with Gasteiger partial charge in [0.25, 0.3) is 11.6 Å². The maximum atomic E-state index is 12.8. The van der Waals surface area contributed by atoms with Gasteiger partial charge in [-0.2, -0.15) is 0 Å². The van der Waals surface area contributed by atoms with E-state index in [-0.39, 0.29) is 11.6 Å². The highest BCUT2D eigenvalue weighted by Gasteiger charge is 2.18. The number of nitrogens with zero attached hydrogens (tertiary/aromatic N) is 2. The van der Waals surface area contributed by atoms with Crippen molar-refractivity contribution in [2.24, 2.45) is 0 Å². The lowest BCUT2D eigenvalue weighted by Crippen LogP contribution is -2.11. The number of benzene rings is 2. The molecule has 4 aromatic rings. The summed E-state index contributed by atoms with van der Waals surface area (Å²) in [5.41, 5.74) is 8.34. The van der Waals surface area contributed by atoms with Gasteiger partial charge in [-0.05, 0) is 54.4 Å². The molecule has 0 unspecified atom stereocenters. The molecular formula is C23H20N4O3S2. The molecule has 0 aliphatic carbocycles. The van der Waals surface area contributed by atoms with E-state index < -0.39 is 4.92 Å². The van der Waals surface area contributed by atoms with Gasteiger partial charge in [-0.3, -0.25) is 14.9 Å². The number of amides is 1. The minimum atomic E-state index is -0.422. The number of rotatable bonds is 6. The van der Waals surface area contributed by atoms with E-state index in [9.17, 15) is 14.9 Å². The zero-order valence-electron chi connectivity index (χ0n) is 17.4. The van der Waals surface area contributed by atoms with Gasteiger partial charge in [-0.25, -0.2) is 4.98 Å². The average molecular weight is 465 g/mol. The Morgan fingerprint density at radius 3 is 2.28 bits per heavy atom. The Hall–Kier alpha value is -3.43. The number of nitrogens with two attached hydrogens (primary N) is 1. The van der Waals surface area contributed by atoms with E-state index >= 15 is 0 Å². The van der Waals surface area contributed by atoms with Crippen LogP contribution in [-0.4, -0.2) is 15.8 Å². The predicted molar refractivity (Wildman–Crippen MR) is 130 cm³/mol. The van der Waals surface area contributed by atoms with E-state index in [2.05, 4.69) is 24.1 Å². The maximum absolute atomic E-state index is 12.8. The van der Waals surface area contributed by atoms with Gasteiger partial charge in [0.2, 0.25) is 0 Å². The fourth-order valence-electron chi connectivity index (χ4n) is 3.07. The third kappa shape index (κ3) is 4.58. The van der Waals surface area contributed by atoms with Gasteiger partial charge < -0.3 is 11.1 Å². The highest BCUT2D eigenvalue weighted by molar-refractivity contribution is 7.99. The lowest BCUT2D eigenvalue weighted by Gasteiger charge is -2.06. The molecule has 3 N–H and O–H groups in total. The van der Waals surface area contributed by atoms with Crippen LogP contribution in [0.25, 0.3) is 10.2 Å². The van der Waals surface area contributed by atoms with Crippen molar-refractivity contribution in [3.05, 3.63) is 81.3 Å². The summed E-state index contributed by atoms with van der Waals surface area (Å²) in [4.78, 5) is 30.8. The molecule has 0 aliphatic heterocycles. The third-order valence-corrected chi connectivity index (χ3v) is 6.94. The third-order valence-electron chi connectivity index (χ3n) is 4.81. The Morgan fingerprint density at radius 1 is 1.06 bits per heavy atom. The Kier molecular flexibility index (Phi) is 6.11. The molecule has 4 rings (SSSR count). The Bertz CT molecular complexity index is 1300. The molecule has 32 heavy (non-hydrogen) atoms. The lowest BCUT2D eigenvalue weighted by atomic mass is 10.1. The molecule has 2 aromatic carbocycles. The van der Waals surface area contributed by atoms with Gasteiger partial charge in [0, 0.05) is 38.7 Å². The fraction of sp³-hybridized carbons (Fsp3) is 0.130. The van der Waals surface area contributed by atoms with Crippen LogP contribution in [0.4, 0.5) is 17.1 Å². The number of fused-ring (bicyclic) bond motifs is 1. The largest absolute Gasteiger partial charge is 0.397 e. The van der Waals surface area contributed by atoms with Crippen LogP contribution >= 0.6 is 23.1 Å². The Labute approximate surface area is 192 Å². The van der Waals surface area contributed by atoms with Crippen molar-refractivity contribution in [2.75, 3.05) is 11.1 Å². The summed E-state index contributed by atoms with van der Waals surface area (Å²) in [5, 5.41) is 14.4. The number of non-ortho nitro benzene ring substituents is 1. The molecule has 0 saturated carbocycles. The summed E-state index contributed by atoms with van der Waals surface area (Å²) >= 11 is 2.77. The van der Waals surface area contributed by atoms with Crippen molar-refractivity contribution >= 4 is 56.3 Å². The van der Waals surface area contributed by atoms with Gasteiger partial charge >= 0.3 is 0 Å². The van der Waals surface area contributed by atoms with Crippen LogP contribution < -0.4 is 11.1 Å². The molecular weight excluding hydrogens is 444 g/mol. The zero-order chi connectivity index (χ0) is 22.8. The number of pyridine rings is 1. The molecule has 2 aromatic heterocycles. The molecule has 7 nitrogen and oxygen atoms in total. The number of hydrogen-bond donors (Lipinski definition) is 2. The van der Waals surface area contributed by atoms with Gasteiger partial charge in [-0.15, -0.1) is 11.3 Å². The lowest BCUT2D eigenvalue weighted by molar-refractivity contribution is -0.384. The smallest absolute Gasteiger partial charge is 0.269 e. The molecule has 0 radical (unpaired) electrons. The van der Waals surface area contributed by atoms with E-state index in [1.165, 1.54) is 35.2 Å². The number of hydrogen-bond acceptors (Lipinski definition) is 7. The van der Waals surface area contributed by atoms with E-state index in [0.717, 1.165) is 25.7 Å². The van der Waals surface area contributed by atoms with Crippen LogP contribution in [0.5, 0.6) is 0 Å². The SMILES string of the molecule is CC(C)c1ccc2c(N)c(C(=O)Nc3ccc(Sc4ccc([N+](=O)[O-])cc4)cc3)sc2n1. The molecule has 0 atom stereocenters. The molecule has 0 saturated heterocycles. The summed E-state index contributed by atoms with van der Waals surface area (Å²) < 4.78 is 0. The second-order valence-corrected chi connectivity index (χ2v) is 9.57. The van der Waals surface area contributed by atoms with Crippen LogP contribution in [0.3, 0.4) is 0 Å². The first kappa shape index (κ1) is 21.8. The highest BCUT2D eigenvalue weighted by atomic mass is 32.2. The Balaban J connectivity index is 1.46. The van der Waals surface area contributed by atoms with Crippen molar-refractivity contribution in [3.8, 4) is 0 Å². The van der Waals surface area contributed by atoms with Crippen LogP contribution in [0.2, 0.25) is 0 Å². The summed E-state index contributed by atoms with van der Waals surface area (Å²) in [6.45, 7) is 4.14. The van der Waals surface area contributed by atoms with Crippen LogP contribution in [0, 0.1) is 10.1 Å². The second-order valence-electron chi connectivity index (χ2n) is 7.42. The minimum absolute atomic E-state index is 0.0588. The zero-order valence-corrected chi connectivity index (χ0v) is 19.0. The first-order valence-corrected chi connectivity index (χ1v) is 11.5. The number of carbonyl (C=O) groups is 1. The number of anilines is 2. The summed E-state index contributed by atoms with van der Waals surface area (Å²) in [6, 6.07) is 17.6. The molecule has 1 amide bonds. The topological polar surface area (TPSA) is 111 Å². The normalized spacial score (nSPS) is 11.1. The van der Waals surface area contributed by atoms with Crippen molar-refractivity contribution in [3.63, 3.8) is 0 Å². The summed E-state index contributed by atoms with van der Waals surface area (Å²) in [7, 11) is 0. The molecule has 162 valence electrons. The van der Waals surface area contributed by atoms with E-state index in [4.69, 9.17) is 5.73 Å². The quantitative estimate of drug-likeness (QED) is 0.255. The molecule has 0 bridgehead atoms. The van der Waals surface area contributed by atoms with Crippen molar-refractivity contribution in [1.82, 2.24) is 4.98 Å². The number of nitrogens with one attached hydrogen (secondary N) is 1. The summed E-state index contributed by atoms with van der Waals surface area (Å²) in [6.07, 6.45) is 0. The predicted octanol–water partition coefficient (Wildman–Crippen LogP) is 6.31. The number of aromatic nitrogens is 1. The molecule has 9 heteroatoms. The molecule has 0 spiro atoms. The first-order chi connectivity index (χ1) is 15.3. The standard InChI is InChI=1S/C23H20N4O3S2/c1-13(2)19-12-11-18-20(24)21(32-23(18)26-19)22(28)25-14-3-7-16(8-4-14)31-17-9-5-15(6-10-17)27(29)30/h3-13H,24H2,1-2H3,(H,25,28). The molecule has 2 heterocycles. The number of nitro benzene ring substituents is 1. The van der Waals surface area contributed by atoms with Crippen LogP contribution in [0.15, 0.2) is 70.5 Å². The average Bonchev–Trinajstić information content (AvgIpc) is 3.11. The fourth-order valence-corrected chi connectivity index (χ4v) is 4.88. The molecule has 0 aliphatic rings.